The number of halogens is 1. The van der Waals surface area contributed by atoms with E-state index >= 15 is 0 Å². The summed E-state index contributed by atoms with van der Waals surface area (Å²) in [6, 6.07) is 5.18. The highest BCUT2D eigenvalue weighted by molar-refractivity contribution is 7.09. The minimum Gasteiger partial charge on any atom is -0.330 e. The molecule has 108 valence electrons. The second-order valence-corrected chi connectivity index (χ2v) is 6.28. The standard InChI is InChI=1S/C15H15FN4S/c16-9-1-4-11-13(7-9)20(10-2-3-10)15(19-11)12-8-21-14(18-12)5-6-17/h1,4,7-8,10H,2-3,5-6,17H2. The predicted octanol–water partition coefficient (Wildman–Crippen LogP) is 3.14. The Morgan fingerprint density at radius 3 is 2.95 bits per heavy atom. The van der Waals surface area contributed by atoms with Gasteiger partial charge < -0.3 is 10.3 Å². The van der Waals surface area contributed by atoms with E-state index < -0.39 is 0 Å². The SMILES string of the molecule is NCCc1nc(-c2nc3ccc(F)cc3n2C2CC2)cs1. The molecular weight excluding hydrogens is 287 g/mol. The Morgan fingerprint density at radius 2 is 2.19 bits per heavy atom. The summed E-state index contributed by atoms with van der Waals surface area (Å²) in [5, 5.41) is 3.04. The van der Waals surface area contributed by atoms with E-state index in [-0.39, 0.29) is 5.82 Å². The van der Waals surface area contributed by atoms with Gasteiger partial charge in [-0.05, 0) is 37.6 Å². The van der Waals surface area contributed by atoms with Gasteiger partial charge in [0.1, 0.15) is 11.5 Å². The minimum atomic E-state index is -0.224. The number of imidazole rings is 1. The average molecular weight is 302 g/mol. The molecule has 0 amide bonds. The molecule has 2 aromatic heterocycles. The molecule has 1 saturated carbocycles. The van der Waals surface area contributed by atoms with Gasteiger partial charge in [-0.1, -0.05) is 0 Å². The molecule has 0 aliphatic heterocycles. The molecule has 0 atom stereocenters. The van der Waals surface area contributed by atoms with E-state index in [4.69, 9.17) is 5.73 Å². The molecule has 21 heavy (non-hydrogen) atoms. The maximum atomic E-state index is 13.5. The highest BCUT2D eigenvalue weighted by atomic mass is 32.1. The van der Waals surface area contributed by atoms with Crippen LogP contribution in [0.4, 0.5) is 4.39 Å². The van der Waals surface area contributed by atoms with Crippen LogP contribution in [0, 0.1) is 5.82 Å². The Labute approximate surface area is 125 Å². The Bertz CT molecular complexity index is 803. The lowest BCUT2D eigenvalue weighted by Gasteiger charge is -2.05. The van der Waals surface area contributed by atoms with Crippen molar-refractivity contribution in [2.45, 2.75) is 25.3 Å². The van der Waals surface area contributed by atoms with Crippen LogP contribution in [0.2, 0.25) is 0 Å². The van der Waals surface area contributed by atoms with Crippen molar-refractivity contribution in [1.82, 2.24) is 14.5 Å². The highest BCUT2D eigenvalue weighted by Gasteiger charge is 2.29. The summed E-state index contributed by atoms with van der Waals surface area (Å²) in [4.78, 5) is 9.29. The lowest BCUT2D eigenvalue weighted by atomic mass is 10.3. The van der Waals surface area contributed by atoms with Crippen LogP contribution in [0.3, 0.4) is 0 Å². The molecule has 1 fully saturated rings. The van der Waals surface area contributed by atoms with Crippen LogP contribution >= 0.6 is 11.3 Å². The van der Waals surface area contributed by atoms with E-state index in [9.17, 15) is 4.39 Å². The van der Waals surface area contributed by atoms with Gasteiger partial charge in [-0.3, -0.25) is 0 Å². The highest BCUT2D eigenvalue weighted by Crippen LogP contribution is 2.41. The number of hydrogen-bond acceptors (Lipinski definition) is 4. The average Bonchev–Trinajstić information content (AvgIpc) is 3.08. The second-order valence-electron chi connectivity index (χ2n) is 5.33. The van der Waals surface area contributed by atoms with Gasteiger partial charge >= 0.3 is 0 Å². The zero-order chi connectivity index (χ0) is 14.4. The van der Waals surface area contributed by atoms with Gasteiger partial charge in [0.15, 0.2) is 5.82 Å². The first-order chi connectivity index (χ1) is 10.3. The molecule has 0 unspecified atom stereocenters. The molecule has 6 heteroatoms. The van der Waals surface area contributed by atoms with Crippen molar-refractivity contribution in [1.29, 1.82) is 0 Å². The van der Waals surface area contributed by atoms with Gasteiger partial charge in [-0.2, -0.15) is 0 Å². The molecule has 2 heterocycles. The van der Waals surface area contributed by atoms with Gasteiger partial charge in [0, 0.05) is 17.8 Å². The molecule has 3 aromatic rings. The number of thiazole rings is 1. The van der Waals surface area contributed by atoms with Crippen molar-refractivity contribution in [2.24, 2.45) is 5.73 Å². The Kier molecular flexibility index (Phi) is 3.01. The molecule has 1 aliphatic rings. The van der Waals surface area contributed by atoms with Crippen molar-refractivity contribution in [3.63, 3.8) is 0 Å². The Morgan fingerprint density at radius 1 is 1.33 bits per heavy atom. The first-order valence-electron chi connectivity index (χ1n) is 7.08. The van der Waals surface area contributed by atoms with Crippen molar-refractivity contribution in [3.8, 4) is 11.5 Å². The second kappa shape index (κ2) is 4.89. The normalized spacial score (nSPS) is 15.0. The van der Waals surface area contributed by atoms with Crippen molar-refractivity contribution < 1.29 is 4.39 Å². The van der Waals surface area contributed by atoms with E-state index in [1.165, 1.54) is 6.07 Å². The van der Waals surface area contributed by atoms with Gasteiger partial charge in [-0.25, -0.2) is 14.4 Å². The number of fused-ring (bicyclic) bond motifs is 1. The first-order valence-corrected chi connectivity index (χ1v) is 7.96. The van der Waals surface area contributed by atoms with E-state index in [1.54, 1.807) is 23.5 Å². The van der Waals surface area contributed by atoms with Crippen molar-refractivity contribution in [3.05, 3.63) is 34.4 Å². The van der Waals surface area contributed by atoms with Crippen LogP contribution in [-0.4, -0.2) is 21.1 Å². The fraction of sp³-hybridized carbons (Fsp3) is 0.333. The van der Waals surface area contributed by atoms with E-state index in [0.717, 1.165) is 46.8 Å². The third-order valence-corrected chi connectivity index (χ3v) is 4.61. The Hall–Kier alpha value is -1.79. The van der Waals surface area contributed by atoms with Crippen LogP contribution in [0.1, 0.15) is 23.9 Å². The largest absolute Gasteiger partial charge is 0.330 e. The van der Waals surface area contributed by atoms with E-state index in [0.29, 0.717) is 12.6 Å². The number of nitrogens with zero attached hydrogens (tertiary/aromatic N) is 3. The van der Waals surface area contributed by atoms with Crippen LogP contribution in [0.5, 0.6) is 0 Å². The molecule has 0 radical (unpaired) electrons. The molecule has 1 aromatic carbocycles. The molecule has 0 saturated heterocycles. The summed E-state index contributed by atoms with van der Waals surface area (Å²) in [5.74, 6) is 0.621. The number of aromatic nitrogens is 3. The third-order valence-electron chi connectivity index (χ3n) is 3.70. The number of hydrogen-bond donors (Lipinski definition) is 1. The predicted molar refractivity (Wildman–Crippen MR) is 81.8 cm³/mol. The summed E-state index contributed by atoms with van der Waals surface area (Å²) in [7, 11) is 0. The molecule has 4 rings (SSSR count). The zero-order valence-corrected chi connectivity index (χ0v) is 12.2. The Balaban J connectivity index is 1.88. The smallest absolute Gasteiger partial charge is 0.160 e. The fourth-order valence-electron chi connectivity index (χ4n) is 2.60. The topological polar surface area (TPSA) is 56.7 Å². The summed E-state index contributed by atoms with van der Waals surface area (Å²) < 4.78 is 15.7. The maximum absolute atomic E-state index is 13.5. The van der Waals surface area contributed by atoms with Gasteiger partial charge in [0.25, 0.3) is 0 Å². The molecule has 1 aliphatic carbocycles. The van der Waals surface area contributed by atoms with Crippen molar-refractivity contribution >= 4 is 22.4 Å². The van der Waals surface area contributed by atoms with E-state index in [1.807, 2.05) is 5.38 Å². The summed E-state index contributed by atoms with van der Waals surface area (Å²) in [6.07, 6.45) is 3.02. The quantitative estimate of drug-likeness (QED) is 0.805. The van der Waals surface area contributed by atoms with E-state index in [2.05, 4.69) is 14.5 Å². The monoisotopic (exact) mass is 302 g/mol. The first kappa shape index (κ1) is 12.9. The fourth-order valence-corrected chi connectivity index (χ4v) is 3.39. The lowest BCUT2D eigenvalue weighted by molar-refractivity contribution is 0.628. The zero-order valence-electron chi connectivity index (χ0n) is 11.4. The maximum Gasteiger partial charge on any atom is 0.160 e. The van der Waals surface area contributed by atoms with Gasteiger partial charge in [-0.15, -0.1) is 11.3 Å². The van der Waals surface area contributed by atoms with Crippen molar-refractivity contribution in [2.75, 3.05) is 6.54 Å². The van der Waals surface area contributed by atoms with Gasteiger partial charge in [0.05, 0.1) is 16.0 Å². The molecule has 4 nitrogen and oxygen atoms in total. The third kappa shape index (κ3) is 2.24. The number of benzene rings is 1. The molecule has 0 bridgehead atoms. The van der Waals surface area contributed by atoms with Crippen LogP contribution in [-0.2, 0) is 6.42 Å². The van der Waals surface area contributed by atoms with Gasteiger partial charge in [0.2, 0.25) is 0 Å². The number of rotatable bonds is 4. The number of nitrogens with two attached hydrogens (primary N) is 1. The molecule has 0 spiro atoms. The van der Waals surface area contributed by atoms with Crippen LogP contribution in [0.15, 0.2) is 23.6 Å². The van der Waals surface area contributed by atoms with Crippen LogP contribution in [0.25, 0.3) is 22.6 Å². The van der Waals surface area contributed by atoms with Crippen LogP contribution < -0.4 is 5.73 Å². The summed E-state index contributed by atoms with van der Waals surface area (Å²) in [5.41, 5.74) is 8.13. The molecule has 2 N–H and O–H groups in total. The lowest BCUT2D eigenvalue weighted by Crippen LogP contribution is -2.02. The summed E-state index contributed by atoms with van der Waals surface area (Å²) >= 11 is 1.60. The minimum absolute atomic E-state index is 0.224. The summed E-state index contributed by atoms with van der Waals surface area (Å²) in [6.45, 7) is 0.594. The molecular formula is C15H15FN4S.